The van der Waals surface area contributed by atoms with Gasteiger partial charge in [-0.05, 0) is 49.7 Å². The van der Waals surface area contributed by atoms with Gasteiger partial charge in [0.2, 0.25) is 0 Å². The van der Waals surface area contributed by atoms with E-state index in [0.29, 0.717) is 10.7 Å². The molecule has 110 valence electrons. The average molecular weight is 327 g/mol. The predicted octanol–water partition coefficient (Wildman–Crippen LogP) is 2.61. The van der Waals surface area contributed by atoms with Crippen molar-refractivity contribution >= 4 is 28.4 Å². The van der Waals surface area contributed by atoms with Gasteiger partial charge in [0.25, 0.3) is 10.8 Å². The summed E-state index contributed by atoms with van der Waals surface area (Å²) in [4.78, 5) is 36.1. The SMILES string of the molecule is CC(C)n1cc(C(=O)Cl)c(=O)n(-c2ccc(Cl)cc2)c1=O. The maximum atomic E-state index is 12.4. The Kier molecular flexibility index (Phi) is 4.34. The molecule has 0 atom stereocenters. The zero-order valence-corrected chi connectivity index (χ0v) is 12.9. The van der Waals surface area contributed by atoms with Crippen LogP contribution in [0.3, 0.4) is 0 Å². The number of carbonyl (C=O) groups excluding carboxylic acids is 1. The first kappa shape index (κ1) is 15.5. The maximum Gasteiger partial charge on any atom is 0.335 e. The van der Waals surface area contributed by atoms with E-state index in [-0.39, 0.29) is 11.6 Å². The summed E-state index contributed by atoms with van der Waals surface area (Å²) in [6, 6.07) is 5.93. The second-order valence-corrected chi connectivity index (χ2v) is 5.50. The number of hydrogen-bond acceptors (Lipinski definition) is 3. The molecule has 0 spiro atoms. The second-order valence-electron chi connectivity index (χ2n) is 4.72. The third-order valence-corrected chi connectivity index (χ3v) is 3.42. The first-order valence-electron chi connectivity index (χ1n) is 6.17. The number of hydrogen-bond donors (Lipinski definition) is 0. The molecule has 5 nitrogen and oxygen atoms in total. The highest BCUT2D eigenvalue weighted by Crippen LogP contribution is 2.12. The van der Waals surface area contributed by atoms with Crippen LogP contribution in [0.25, 0.3) is 5.69 Å². The Morgan fingerprint density at radius 1 is 1.14 bits per heavy atom. The van der Waals surface area contributed by atoms with Gasteiger partial charge in [-0.2, -0.15) is 0 Å². The maximum absolute atomic E-state index is 12.4. The summed E-state index contributed by atoms with van der Waals surface area (Å²) in [5, 5.41) is -0.433. The van der Waals surface area contributed by atoms with Gasteiger partial charge in [0, 0.05) is 17.3 Å². The molecular weight excluding hydrogens is 315 g/mol. The third-order valence-electron chi connectivity index (χ3n) is 2.97. The Morgan fingerprint density at radius 3 is 2.19 bits per heavy atom. The molecule has 0 aliphatic rings. The van der Waals surface area contributed by atoms with Crippen molar-refractivity contribution in [2.75, 3.05) is 0 Å². The van der Waals surface area contributed by atoms with Crippen molar-refractivity contribution in [1.82, 2.24) is 9.13 Å². The van der Waals surface area contributed by atoms with Crippen LogP contribution in [0, 0.1) is 0 Å². The number of halogens is 2. The standard InChI is InChI=1S/C14H12Cl2N2O3/c1-8(2)17-7-11(12(16)19)13(20)18(14(17)21)10-5-3-9(15)4-6-10/h3-8H,1-2H3. The predicted molar refractivity (Wildman–Crippen MR) is 81.9 cm³/mol. The van der Waals surface area contributed by atoms with Crippen LogP contribution in [0.1, 0.15) is 30.2 Å². The zero-order valence-electron chi connectivity index (χ0n) is 11.3. The van der Waals surface area contributed by atoms with Crippen molar-refractivity contribution in [3.05, 3.63) is 61.9 Å². The van der Waals surface area contributed by atoms with E-state index >= 15 is 0 Å². The van der Waals surface area contributed by atoms with Crippen molar-refractivity contribution in [1.29, 1.82) is 0 Å². The van der Waals surface area contributed by atoms with Gasteiger partial charge in [0.1, 0.15) is 5.56 Å². The van der Waals surface area contributed by atoms with Crippen LogP contribution in [0.15, 0.2) is 40.1 Å². The quantitative estimate of drug-likeness (QED) is 0.814. The molecule has 0 N–H and O–H groups in total. The minimum Gasteiger partial charge on any atom is -0.297 e. The van der Waals surface area contributed by atoms with Gasteiger partial charge < -0.3 is 0 Å². The Bertz CT molecular complexity index is 804. The van der Waals surface area contributed by atoms with Gasteiger partial charge in [0.15, 0.2) is 0 Å². The molecule has 0 saturated heterocycles. The van der Waals surface area contributed by atoms with Gasteiger partial charge in [-0.1, -0.05) is 11.6 Å². The van der Waals surface area contributed by atoms with E-state index in [9.17, 15) is 14.4 Å². The van der Waals surface area contributed by atoms with Crippen molar-refractivity contribution < 1.29 is 4.79 Å². The molecule has 0 amide bonds. The van der Waals surface area contributed by atoms with E-state index in [1.54, 1.807) is 26.0 Å². The average Bonchev–Trinajstić information content (AvgIpc) is 2.40. The Morgan fingerprint density at radius 2 is 1.71 bits per heavy atom. The zero-order chi connectivity index (χ0) is 15.7. The number of nitrogens with zero attached hydrogens (tertiary/aromatic N) is 2. The largest absolute Gasteiger partial charge is 0.335 e. The molecule has 0 aliphatic carbocycles. The van der Waals surface area contributed by atoms with Gasteiger partial charge in [-0.25, -0.2) is 9.36 Å². The molecule has 2 aromatic rings. The fraction of sp³-hybridized carbons (Fsp3) is 0.214. The van der Waals surface area contributed by atoms with Crippen LogP contribution in [-0.4, -0.2) is 14.4 Å². The van der Waals surface area contributed by atoms with Crippen LogP contribution in [0.2, 0.25) is 5.02 Å². The Hall–Kier alpha value is -1.85. The number of aromatic nitrogens is 2. The van der Waals surface area contributed by atoms with Crippen molar-refractivity contribution in [2.24, 2.45) is 0 Å². The summed E-state index contributed by atoms with van der Waals surface area (Å²) in [5.74, 6) is 0. The normalized spacial score (nSPS) is 10.9. The minimum absolute atomic E-state index is 0.230. The van der Waals surface area contributed by atoms with Crippen LogP contribution in [-0.2, 0) is 0 Å². The summed E-state index contributed by atoms with van der Waals surface area (Å²) < 4.78 is 2.19. The fourth-order valence-electron chi connectivity index (χ4n) is 1.89. The van der Waals surface area contributed by atoms with E-state index < -0.39 is 16.5 Å². The molecule has 2 rings (SSSR count). The van der Waals surface area contributed by atoms with Crippen LogP contribution < -0.4 is 11.2 Å². The summed E-state index contributed by atoms with van der Waals surface area (Å²) in [6.45, 7) is 3.53. The lowest BCUT2D eigenvalue weighted by Crippen LogP contribution is -2.41. The first-order chi connectivity index (χ1) is 9.82. The van der Waals surface area contributed by atoms with E-state index in [1.165, 1.54) is 22.9 Å². The molecule has 1 aromatic heterocycles. The summed E-state index contributed by atoms with van der Waals surface area (Å²) in [7, 11) is 0. The molecule has 0 aliphatic heterocycles. The van der Waals surface area contributed by atoms with Crippen LogP contribution in [0.4, 0.5) is 0 Å². The highest BCUT2D eigenvalue weighted by atomic mass is 35.5. The highest BCUT2D eigenvalue weighted by Gasteiger charge is 2.18. The Labute approximate surface area is 130 Å². The molecule has 1 heterocycles. The lowest BCUT2D eigenvalue weighted by molar-refractivity contribution is 0.107. The number of carbonyl (C=O) groups is 1. The fourth-order valence-corrected chi connectivity index (χ4v) is 2.15. The van der Waals surface area contributed by atoms with Gasteiger partial charge in [0.05, 0.1) is 5.69 Å². The molecular formula is C14H12Cl2N2O3. The topological polar surface area (TPSA) is 61.1 Å². The molecule has 0 fully saturated rings. The molecule has 1 aromatic carbocycles. The molecule has 0 unspecified atom stereocenters. The van der Waals surface area contributed by atoms with E-state index in [4.69, 9.17) is 23.2 Å². The molecule has 7 heteroatoms. The summed E-state index contributed by atoms with van der Waals surface area (Å²) in [6.07, 6.45) is 1.19. The van der Waals surface area contributed by atoms with E-state index in [0.717, 1.165) is 4.57 Å². The Balaban J connectivity index is 2.87. The summed E-state index contributed by atoms with van der Waals surface area (Å²) in [5.41, 5.74) is -1.22. The molecule has 0 saturated carbocycles. The van der Waals surface area contributed by atoms with Crippen molar-refractivity contribution in [3.63, 3.8) is 0 Å². The monoisotopic (exact) mass is 326 g/mol. The smallest absolute Gasteiger partial charge is 0.297 e. The van der Waals surface area contributed by atoms with Crippen LogP contribution in [0.5, 0.6) is 0 Å². The molecule has 21 heavy (non-hydrogen) atoms. The second kappa shape index (κ2) is 5.87. The highest BCUT2D eigenvalue weighted by molar-refractivity contribution is 6.67. The minimum atomic E-state index is -0.905. The number of benzene rings is 1. The lowest BCUT2D eigenvalue weighted by atomic mass is 10.3. The van der Waals surface area contributed by atoms with Crippen molar-refractivity contribution in [2.45, 2.75) is 19.9 Å². The van der Waals surface area contributed by atoms with Crippen molar-refractivity contribution in [3.8, 4) is 5.69 Å². The first-order valence-corrected chi connectivity index (χ1v) is 6.92. The third kappa shape index (κ3) is 2.94. The van der Waals surface area contributed by atoms with E-state index in [2.05, 4.69) is 0 Å². The summed E-state index contributed by atoms with van der Waals surface area (Å²) >= 11 is 11.2. The van der Waals surface area contributed by atoms with E-state index in [1.807, 2.05) is 0 Å². The molecule has 0 bridgehead atoms. The molecule has 0 radical (unpaired) electrons. The lowest BCUT2D eigenvalue weighted by Gasteiger charge is -2.14. The number of rotatable bonds is 3. The van der Waals surface area contributed by atoms with Gasteiger partial charge in [-0.15, -0.1) is 0 Å². The van der Waals surface area contributed by atoms with Crippen LogP contribution >= 0.6 is 23.2 Å². The van der Waals surface area contributed by atoms with Gasteiger partial charge >= 0.3 is 5.69 Å². The van der Waals surface area contributed by atoms with Gasteiger partial charge in [-0.3, -0.25) is 14.2 Å².